The van der Waals surface area contributed by atoms with Crippen LogP contribution in [0.2, 0.25) is 0 Å². The molecule has 132 valence electrons. The fourth-order valence-electron chi connectivity index (χ4n) is 3.74. The summed E-state index contributed by atoms with van der Waals surface area (Å²) >= 11 is 0. The van der Waals surface area contributed by atoms with Gasteiger partial charge >= 0.3 is 0 Å². The molecule has 1 amide bonds. The molecule has 24 heavy (non-hydrogen) atoms. The van der Waals surface area contributed by atoms with Gasteiger partial charge in [-0.15, -0.1) is 0 Å². The maximum absolute atomic E-state index is 12.9. The summed E-state index contributed by atoms with van der Waals surface area (Å²) in [5.74, 6) is -0.108. The van der Waals surface area contributed by atoms with E-state index in [1.54, 1.807) is 12.1 Å². The number of nitrogens with zero attached hydrogens (tertiary/aromatic N) is 3. The van der Waals surface area contributed by atoms with Gasteiger partial charge in [-0.1, -0.05) is 18.6 Å². The molecule has 1 atom stereocenters. The lowest BCUT2D eigenvalue weighted by atomic mass is 10.0. The van der Waals surface area contributed by atoms with Crippen molar-refractivity contribution >= 4 is 5.91 Å². The van der Waals surface area contributed by atoms with Gasteiger partial charge in [0, 0.05) is 38.8 Å². The second-order valence-corrected chi connectivity index (χ2v) is 7.11. The Hall–Kier alpha value is -1.46. The van der Waals surface area contributed by atoms with Gasteiger partial charge in [0.1, 0.15) is 5.82 Å². The first-order valence-corrected chi connectivity index (χ1v) is 9.06. The molecule has 4 nitrogen and oxygen atoms in total. The molecule has 0 bridgehead atoms. The van der Waals surface area contributed by atoms with E-state index in [-0.39, 0.29) is 11.7 Å². The third kappa shape index (κ3) is 4.54. The van der Waals surface area contributed by atoms with Crippen LogP contribution in [0.4, 0.5) is 4.39 Å². The van der Waals surface area contributed by atoms with Crippen LogP contribution in [0.1, 0.15) is 24.8 Å². The number of likely N-dealkylation sites (N-methyl/N-ethyl adjacent to an activating group) is 1. The molecule has 0 aliphatic carbocycles. The van der Waals surface area contributed by atoms with Gasteiger partial charge in [0.25, 0.3) is 0 Å². The molecule has 0 N–H and O–H groups in total. The zero-order valence-electron chi connectivity index (χ0n) is 14.6. The quantitative estimate of drug-likeness (QED) is 0.843. The van der Waals surface area contributed by atoms with E-state index in [0.717, 1.165) is 38.3 Å². The minimum absolute atomic E-state index is 0.149. The maximum Gasteiger partial charge on any atom is 0.227 e. The summed E-state index contributed by atoms with van der Waals surface area (Å²) in [6.45, 7) is 5.85. The zero-order valence-corrected chi connectivity index (χ0v) is 14.6. The van der Waals surface area contributed by atoms with Crippen molar-refractivity contribution < 1.29 is 9.18 Å². The first kappa shape index (κ1) is 17.4. The molecule has 0 saturated carbocycles. The highest BCUT2D eigenvalue weighted by Crippen LogP contribution is 2.17. The molecule has 3 rings (SSSR count). The number of amides is 1. The number of hydrogen-bond acceptors (Lipinski definition) is 3. The number of piperidine rings is 1. The average Bonchev–Trinajstić information content (AvgIpc) is 2.59. The van der Waals surface area contributed by atoms with Gasteiger partial charge in [-0.05, 0) is 44.1 Å². The summed E-state index contributed by atoms with van der Waals surface area (Å²) < 4.78 is 12.9. The Kier molecular flexibility index (Phi) is 5.85. The van der Waals surface area contributed by atoms with E-state index >= 15 is 0 Å². The molecule has 2 fully saturated rings. The van der Waals surface area contributed by atoms with Gasteiger partial charge in [0.2, 0.25) is 5.91 Å². The van der Waals surface area contributed by atoms with Gasteiger partial charge in [-0.25, -0.2) is 4.39 Å². The zero-order chi connectivity index (χ0) is 16.9. The molecular formula is C19H28FN3O. The van der Waals surface area contributed by atoms with E-state index in [1.807, 2.05) is 4.90 Å². The Balaban J connectivity index is 1.44. The lowest BCUT2D eigenvalue weighted by Crippen LogP contribution is -2.53. The summed E-state index contributed by atoms with van der Waals surface area (Å²) in [5, 5.41) is 0. The van der Waals surface area contributed by atoms with E-state index in [9.17, 15) is 9.18 Å². The Morgan fingerprint density at radius 1 is 1.08 bits per heavy atom. The van der Waals surface area contributed by atoms with Crippen molar-refractivity contribution in [3.63, 3.8) is 0 Å². The van der Waals surface area contributed by atoms with Crippen molar-refractivity contribution in [2.24, 2.45) is 0 Å². The number of carbonyl (C=O) groups is 1. The number of likely N-dealkylation sites (tertiary alicyclic amines) is 1. The molecule has 2 heterocycles. The fraction of sp³-hybridized carbons (Fsp3) is 0.632. The number of rotatable bonds is 4. The molecule has 2 aliphatic rings. The monoisotopic (exact) mass is 333 g/mol. The van der Waals surface area contributed by atoms with Crippen LogP contribution in [-0.4, -0.2) is 73.0 Å². The standard InChI is InChI=1S/C19H28FN3O/c1-21-9-3-2-4-18(21)15-22-10-12-23(13-11-22)19(24)14-16-5-7-17(20)8-6-16/h5-8,18H,2-4,9-15H2,1H3/t18-/m1/s1. The molecule has 0 radical (unpaired) electrons. The van der Waals surface area contributed by atoms with Crippen molar-refractivity contribution in [2.75, 3.05) is 46.3 Å². The fourth-order valence-corrected chi connectivity index (χ4v) is 3.74. The van der Waals surface area contributed by atoms with E-state index in [2.05, 4.69) is 16.8 Å². The van der Waals surface area contributed by atoms with Crippen LogP contribution in [0, 0.1) is 5.82 Å². The van der Waals surface area contributed by atoms with Crippen molar-refractivity contribution in [2.45, 2.75) is 31.7 Å². The van der Waals surface area contributed by atoms with Crippen molar-refractivity contribution in [3.05, 3.63) is 35.6 Å². The number of carbonyl (C=O) groups excluding carboxylic acids is 1. The molecule has 0 aromatic heterocycles. The predicted octanol–water partition coefficient (Wildman–Crippen LogP) is 2.00. The molecule has 0 spiro atoms. The molecular weight excluding hydrogens is 305 g/mol. The first-order chi connectivity index (χ1) is 11.6. The van der Waals surface area contributed by atoms with Gasteiger partial charge in [-0.2, -0.15) is 0 Å². The second-order valence-electron chi connectivity index (χ2n) is 7.11. The van der Waals surface area contributed by atoms with E-state index in [0.29, 0.717) is 12.5 Å². The van der Waals surface area contributed by atoms with Crippen LogP contribution < -0.4 is 0 Å². The van der Waals surface area contributed by atoms with E-state index < -0.39 is 0 Å². The third-order valence-corrected chi connectivity index (χ3v) is 5.38. The highest BCUT2D eigenvalue weighted by molar-refractivity contribution is 5.78. The number of piperazine rings is 1. The van der Waals surface area contributed by atoms with Gasteiger partial charge in [0.05, 0.1) is 6.42 Å². The SMILES string of the molecule is CN1CCCC[C@@H]1CN1CCN(C(=O)Cc2ccc(F)cc2)CC1. The van der Waals surface area contributed by atoms with Gasteiger partial charge in [-0.3, -0.25) is 9.69 Å². The van der Waals surface area contributed by atoms with Crippen LogP contribution >= 0.6 is 0 Å². The largest absolute Gasteiger partial charge is 0.340 e. The summed E-state index contributed by atoms with van der Waals surface area (Å²) in [7, 11) is 2.23. The normalized spacial score (nSPS) is 23.4. The highest BCUT2D eigenvalue weighted by Gasteiger charge is 2.25. The topological polar surface area (TPSA) is 26.8 Å². The van der Waals surface area contributed by atoms with E-state index in [4.69, 9.17) is 0 Å². The van der Waals surface area contributed by atoms with Crippen molar-refractivity contribution in [3.8, 4) is 0 Å². The Morgan fingerprint density at radius 2 is 1.79 bits per heavy atom. The average molecular weight is 333 g/mol. The number of benzene rings is 1. The minimum atomic E-state index is -0.257. The molecule has 2 aliphatic heterocycles. The second kappa shape index (κ2) is 8.08. The number of hydrogen-bond donors (Lipinski definition) is 0. The lowest BCUT2D eigenvalue weighted by molar-refractivity contribution is -0.132. The van der Waals surface area contributed by atoms with Crippen molar-refractivity contribution in [1.82, 2.24) is 14.7 Å². The Labute approximate surface area is 144 Å². The highest BCUT2D eigenvalue weighted by atomic mass is 19.1. The van der Waals surface area contributed by atoms with Crippen molar-refractivity contribution in [1.29, 1.82) is 0 Å². The van der Waals surface area contributed by atoms with Crippen LogP contribution in [0.3, 0.4) is 0 Å². The smallest absolute Gasteiger partial charge is 0.227 e. The summed E-state index contributed by atoms with van der Waals surface area (Å²) in [6.07, 6.45) is 4.32. The van der Waals surface area contributed by atoms with Crippen LogP contribution in [0.5, 0.6) is 0 Å². The Bertz CT molecular complexity index is 540. The predicted molar refractivity (Wildman–Crippen MR) is 93.4 cm³/mol. The molecule has 1 aromatic rings. The molecule has 5 heteroatoms. The molecule has 0 unspecified atom stereocenters. The summed E-state index contributed by atoms with van der Waals surface area (Å²) in [4.78, 5) is 19.3. The molecule has 2 saturated heterocycles. The van der Waals surface area contributed by atoms with Gasteiger partial charge in [0.15, 0.2) is 0 Å². The molecule has 1 aromatic carbocycles. The van der Waals surface area contributed by atoms with E-state index in [1.165, 1.54) is 37.9 Å². The third-order valence-electron chi connectivity index (χ3n) is 5.38. The van der Waals surface area contributed by atoms with Crippen LogP contribution in [0.15, 0.2) is 24.3 Å². The van der Waals surface area contributed by atoms with Crippen LogP contribution in [-0.2, 0) is 11.2 Å². The lowest BCUT2D eigenvalue weighted by Gasteiger charge is -2.40. The van der Waals surface area contributed by atoms with Crippen LogP contribution in [0.25, 0.3) is 0 Å². The summed E-state index contributed by atoms with van der Waals surface area (Å²) in [5.41, 5.74) is 0.882. The number of halogens is 1. The summed E-state index contributed by atoms with van der Waals surface area (Å²) in [6, 6.07) is 6.90. The first-order valence-electron chi connectivity index (χ1n) is 9.06. The maximum atomic E-state index is 12.9. The minimum Gasteiger partial charge on any atom is -0.340 e. The van der Waals surface area contributed by atoms with Gasteiger partial charge < -0.3 is 9.80 Å². The Morgan fingerprint density at radius 3 is 2.46 bits per heavy atom.